The first-order valence-electron chi connectivity index (χ1n) is 7.93. The number of ketones is 1. The summed E-state index contributed by atoms with van der Waals surface area (Å²) in [5.41, 5.74) is 1.67. The number of hydrogen-bond donors (Lipinski definition) is 1. The van der Waals surface area contributed by atoms with Crippen molar-refractivity contribution in [3.05, 3.63) is 45.1 Å². The molecule has 0 unspecified atom stereocenters. The van der Waals surface area contributed by atoms with E-state index < -0.39 is 17.8 Å². The summed E-state index contributed by atoms with van der Waals surface area (Å²) in [6.07, 6.45) is 0.516. The van der Waals surface area contributed by atoms with Crippen molar-refractivity contribution in [1.82, 2.24) is 5.32 Å². The van der Waals surface area contributed by atoms with Gasteiger partial charge in [0.05, 0.1) is 7.11 Å². The van der Waals surface area contributed by atoms with E-state index in [0.29, 0.717) is 33.3 Å². The number of rotatable bonds is 2. The number of halogens is 2. The van der Waals surface area contributed by atoms with Gasteiger partial charge in [-0.2, -0.15) is 0 Å². The van der Waals surface area contributed by atoms with Gasteiger partial charge in [-0.3, -0.25) is 14.4 Å². The topological polar surface area (TPSA) is 72.5 Å². The summed E-state index contributed by atoms with van der Waals surface area (Å²) in [4.78, 5) is 37.3. The maximum atomic E-state index is 13.1. The van der Waals surface area contributed by atoms with Crippen LogP contribution in [-0.4, -0.2) is 24.8 Å². The Bertz CT molecular complexity index is 802. The normalized spacial score (nSPS) is 26.2. The van der Waals surface area contributed by atoms with Crippen molar-refractivity contribution in [2.45, 2.75) is 25.7 Å². The lowest BCUT2D eigenvalue weighted by Gasteiger charge is -2.36. The van der Waals surface area contributed by atoms with E-state index in [0.717, 1.165) is 0 Å². The zero-order valence-electron chi connectivity index (χ0n) is 13.8. The number of allylic oxidation sites excluding steroid dienone is 2. The molecule has 1 aromatic carbocycles. The second-order valence-electron chi connectivity index (χ2n) is 6.41. The van der Waals surface area contributed by atoms with Crippen LogP contribution in [0.3, 0.4) is 0 Å². The molecule has 0 radical (unpaired) electrons. The maximum absolute atomic E-state index is 13.1. The first kappa shape index (κ1) is 18.0. The van der Waals surface area contributed by atoms with Gasteiger partial charge in [-0.05, 0) is 30.0 Å². The number of benzene rings is 1. The number of ether oxygens (including phenoxy) is 1. The van der Waals surface area contributed by atoms with Crippen molar-refractivity contribution < 1.29 is 19.1 Å². The Morgan fingerprint density at radius 2 is 1.96 bits per heavy atom. The smallest absolute Gasteiger partial charge is 0.316 e. The summed E-state index contributed by atoms with van der Waals surface area (Å²) in [6.45, 7) is 1.80. The minimum Gasteiger partial charge on any atom is -0.468 e. The van der Waals surface area contributed by atoms with Gasteiger partial charge >= 0.3 is 5.97 Å². The highest BCUT2D eigenvalue weighted by atomic mass is 35.5. The van der Waals surface area contributed by atoms with Crippen molar-refractivity contribution in [2.24, 2.45) is 11.8 Å². The fraction of sp³-hybridized carbons (Fsp3) is 0.389. The molecule has 3 rings (SSSR count). The SMILES string of the molecule is COC(=O)[C@@H]1C(=O)C2=C(C[C@H]1C)NC(=O)C[C@@H]2c1ccc(Cl)cc1Cl. The fourth-order valence-electron chi connectivity index (χ4n) is 3.65. The van der Waals surface area contributed by atoms with E-state index >= 15 is 0 Å². The first-order chi connectivity index (χ1) is 11.8. The van der Waals surface area contributed by atoms with E-state index in [2.05, 4.69) is 5.32 Å². The highest BCUT2D eigenvalue weighted by molar-refractivity contribution is 6.35. The lowest BCUT2D eigenvalue weighted by Crippen LogP contribution is -2.44. The molecule has 0 saturated carbocycles. The van der Waals surface area contributed by atoms with Crippen LogP contribution in [0.15, 0.2) is 29.5 Å². The first-order valence-corrected chi connectivity index (χ1v) is 8.69. The Morgan fingerprint density at radius 3 is 2.60 bits per heavy atom. The van der Waals surface area contributed by atoms with Crippen molar-refractivity contribution in [3.63, 3.8) is 0 Å². The average molecular weight is 382 g/mol. The van der Waals surface area contributed by atoms with E-state index in [1.807, 2.05) is 0 Å². The molecule has 0 spiro atoms. The predicted octanol–water partition coefficient (Wildman–Crippen LogP) is 3.25. The quantitative estimate of drug-likeness (QED) is 0.630. The molecule has 0 bridgehead atoms. The molecule has 7 heteroatoms. The molecule has 5 nitrogen and oxygen atoms in total. The summed E-state index contributed by atoms with van der Waals surface area (Å²) in [7, 11) is 1.27. The second kappa shape index (κ2) is 6.81. The van der Waals surface area contributed by atoms with Gasteiger partial charge in [-0.25, -0.2) is 0 Å². The van der Waals surface area contributed by atoms with Gasteiger partial charge in [0.2, 0.25) is 5.91 Å². The van der Waals surface area contributed by atoms with E-state index in [9.17, 15) is 14.4 Å². The van der Waals surface area contributed by atoms with E-state index in [1.54, 1.807) is 25.1 Å². The Balaban J connectivity index is 2.10. The van der Waals surface area contributed by atoms with Crippen LogP contribution in [0.25, 0.3) is 0 Å². The van der Waals surface area contributed by atoms with Gasteiger partial charge in [0.15, 0.2) is 5.78 Å². The van der Waals surface area contributed by atoms with E-state index in [-0.39, 0.29) is 24.0 Å². The molecule has 1 aliphatic carbocycles. The standard InChI is InChI=1S/C18H17Cl2NO4/c1-8-5-13-16(17(23)15(8)18(24)25-2)11(7-14(22)21-13)10-4-3-9(19)6-12(10)20/h3-4,6,8,11,15H,5,7H2,1-2H3,(H,21,22)/t8-,11-,15+/m1/s1. The summed E-state index contributed by atoms with van der Waals surface area (Å²) in [5, 5.41) is 3.65. The summed E-state index contributed by atoms with van der Waals surface area (Å²) < 4.78 is 4.80. The number of esters is 1. The molecule has 1 aromatic rings. The molecule has 0 saturated heterocycles. The highest BCUT2D eigenvalue weighted by Crippen LogP contribution is 2.44. The fourth-order valence-corrected chi connectivity index (χ4v) is 4.19. The van der Waals surface area contributed by atoms with Crippen LogP contribution in [0.5, 0.6) is 0 Å². The number of hydrogen-bond acceptors (Lipinski definition) is 4. The van der Waals surface area contributed by atoms with Gasteiger partial charge in [0, 0.05) is 33.7 Å². The molecule has 132 valence electrons. The van der Waals surface area contributed by atoms with Crippen LogP contribution < -0.4 is 5.32 Å². The summed E-state index contributed by atoms with van der Waals surface area (Å²) in [6, 6.07) is 4.97. The van der Waals surface area contributed by atoms with Gasteiger partial charge in [-0.15, -0.1) is 0 Å². The Morgan fingerprint density at radius 1 is 1.24 bits per heavy atom. The van der Waals surface area contributed by atoms with Crippen LogP contribution in [0.2, 0.25) is 10.0 Å². The molecule has 3 atom stereocenters. The molecular formula is C18H17Cl2NO4. The van der Waals surface area contributed by atoms with Gasteiger partial charge in [0.1, 0.15) is 5.92 Å². The number of carbonyl (C=O) groups is 3. The van der Waals surface area contributed by atoms with Crippen LogP contribution in [0.4, 0.5) is 0 Å². The summed E-state index contributed by atoms with van der Waals surface area (Å²) in [5.74, 6) is -2.66. The van der Waals surface area contributed by atoms with Gasteiger partial charge in [0.25, 0.3) is 0 Å². The average Bonchev–Trinajstić information content (AvgIpc) is 2.53. The molecule has 0 aromatic heterocycles. The monoisotopic (exact) mass is 381 g/mol. The predicted molar refractivity (Wildman–Crippen MR) is 93.3 cm³/mol. The van der Waals surface area contributed by atoms with E-state index in [4.69, 9.17) is 27.9 Å². The number of amides is 1. The Hall–Kier alpha value is -1.85. The third-order valence-corrected chi connectivity index (χ3v) is 5.35. The molecule has 1 amide bonds. The Labute approximate surface area is 155 Å². The lowest BCUT2D eigenvalue weighted by atomic mass is 9.70. The molecular weight excluding hydrogens is 365 g/mol. The number of Topliss-reactive ketones (excluding diaryl/α,β-unsaturated/α-hetero) is 1. The Kier molecular flexibility index (Phi) is 4.89. The van der Waals surface area contributed by atoms with Crippen molar-refractivity contribution in [1.29, 1.82) is 0 Å². The maximum Gasteiger partial charge on any atom is 0.316 e. The number of methoxy groups -OCH3 is 1. The molecule has 1 aliphatic heterocycles. The van der Waals surface area contributed by atoms with Crippen molar-refractivity contribution in [3.8, 4) is 0 Å². The highest BCUT2D eigenvalue weighted by Gasteiger charge is 2.45. The molecule has 1 N–H and O–H groups in total. The lowest BCUT2D eigenvalue weighted by molar-refractivity contribution is -0.151. The number of nitrogens with one attached hydrogen (secondary N) is 1. The van der Waals surface area contributed by atoms with Gasteiger partial charge in [-0.1, -0.05) is 36.2 Å². The van der Waals surface area contributed by atoms with Gasteiger partial charge < -0.3 is 10.1 Å². The second-order valence-corrected chi connectivity index (χ2v) is 7.25. The molecule has 2 aliphatic rings. The summed E-state index contributed by atoms with van der Waals surface area (Å²) >= 11 is 12.3. The van der Waals surface area contributed by atoms with Crippen LogP contribution in [-0.2, 0) is 19.1 Å². The molecule has 0 fully saturated rings. The van der Waals surface area contributed by atoms with Crippen LogP contribution >= 0.6 is 23.2 Å². The molecule has 25 heavy (non-hydrogen) atoms. The minimum atomic E-state index is -0.868. The largest absolute Gasteiger partial charge is 0.468 e. The van der Waals surface area contributed by atoms with Crippen molar-refractivity contribution >= 4 is 40.9 Å². The van der Waals surface area contributed by atoms with E-state index in [1.165, 1.54) is 7.11 Å². The zero-order chi connectivity index (χ0) is 18.3. The number of carbonyl (C=O) groups excluding carboxylic acids is 3. The zero-order valence-corrected chi connectivity index (χ0v) is 15.3. The molecule has 1 heterocycles. The third-order valence-electron chi connectivity index (χ3n) is 4.79. The van der Waals surface area contributed by atoms with Crippen LogP contribution in [0.1, 0.15) is 31.2 Å². The van der Waals surface area contributed by atoms with Crippen molar-refractivity contribution in [2.75, 3.05) is 7.11 Å². The van der Waals surface area contributed by atoms with Crippen LogP contribution in [0, 0.1) is 11.8 Å². The minimum absolute atomic E-state index is 0.0915. The third kappa shape index (κ3) is 3.18.